The smallest absolute Gasteiger partial charge is 0.164 e. The van der Waals surface area contributed by atoms with Gasteiger partial charge in [0.05, 0.1) is 6.85 Å². The Hall–Kier alpha value is -6.13. The van der Waals surface area contributed by atoms with E-state index in [0.29, 0.717) is 45.2 Å². The molecule has 0 N–H and O–H groups in total. The molecule has 0 saturated heterocycles. The van der Waals surface area contributed by atoms with Gasteiger partial charge in [-0.2, -0.15) is 0 Å². The lowest BCUT2D eigenvalue weighted by Crippen LogP contribution is -2.01. The number of hydrogen-bond acceptors (Lipinski definition) is 4. The van der Waals surface area contributed by atoms with E-state index >= 15 is 0 Å². The SMILES string of the molecule is [2H]c1c([2H])c([2H])c(-c2cccc3c2oc2cccc(-c4nc(-c5ccccc5)nc(-c5cc6ccccc6c6ccccc56)n4)c23)c([2H])c1[2H]. The molecule has 0 radical (unpaired) electrons. The van der Waals surface area contributed by atoms with Crippen LogP contribution in [0, 0.1) is 0 Å². The minimum Gasteiger partial charge on any atom is -0.455 e. The van der Waals surface area contributed by atoms with Crippen molar-refractivity contribution in [2.24, 2.45) is 0 Å². The summed E-state index contributed by atoms with van der Waals surface area (Å²) in [5.41, 5.74) is 3.89. The molecule has 0 saturated carbocycles. The first-order chi connectivity index (χ1) is 24.4. The molecule has 2 heterocycles. The van der Waals surface area contributed by atoms with Crippen LogP contribution in [0.2, 0.25) is 0 Å². The zero-order chi connectivity index (χ0) is 34.1. The summed E-state index contributed by atoms with van der Waals surface area (Å²) in [5, 5.41) is 5.81. The maximum absolute atomic E-state index is 8.64. The number of furan rings is 1. The minimum absolute atomic E-state index is 0.0826. The molecular weight excluding hydrogens is 550 g/mol. The van der Waals surface area contributed by atoms with Crippen LogP contribution in [0.3, 0.4) is 0 Å². The molecule has 0 atom stereocenters. The van der Waals surface area contributed by atoms with E-state index in [-0.39, 0.29) is 17.6 Å². The zero-order valence-corrected chi connectivity index (χ0v) is 23.8. The number of hydrogen-bond donors (Lipinski definition) is 0. The third-order valence-electron chi connectivity index (χ3n) is 8.21. The molecule has 0 unspecified atom stereocenters. The summed E-state index contributed by atoms with van der Waals surface area (Å²) < 4.78 is 48.3. The van der Waals surface area contributed by atoms with Gasteiger partial charge in [-0.15, -0.1) is 0 Å². The molecule has 4 nitrogen and oxygen atoms in total. The first kappa shape index (κ1) is 20.7. The number of aromatic nitrogens is 3. The van der Waals surface area contributed by atoms with E-state index in [9.17, 15) is 0 Å². The van der Waals surface area contributed by atoms with Crippen LogP contribution >= 0.6 is 0 Å². The molecular formula is C41H25N3O. The van der Waals surface area contributed by atoms with Gasteiger partial charge in [0.2, 0.25) is 0 Å². The lowest BCUT2D eigenvalue weighted by atomic mass is 9.96. The molecule has 0 amide bonds. The van der Waals surface area contributed by atoms with Crippen LogP contribution in [0.25, 0.3) is 88.8 Å². The van der Waals surface area contributed by atoms with E-state index in [2.05, 4.69) is 30.3 Å². The van der Waals surface area contributed by atoms with Gasteiger partial charge >= 0.3 is 0 Å². The Kier molecular flexibility index (Phi) is 4.72. The average molecular weight is 581 g/mol. The molecule has 9 rings (SSSR count). The van der Waals surface area contributed by atoms with Crippen LogP contribution in [0.5, 0.6) is 0 Å². The van der Waals surface area contributed by atoms with Crippen molar-refractivity contribution in [3.63, 3.8) is 0 Å². The van der Waals surface area contributed by atoms with Crippen molar-refractivity contribution >= 4 is 43.5 Å². The number of para-hydroxylation sites is 1. The van der Waals surface area contributed by atoms with Gasteiger partial charge in [-0.3, -0.25) is 0 Å². The van der Waals surface area contributed by atoms with Crippen LogP contribution < -0.4 is 0 Å². The third kappa shape index (κ3) is 4.19. The molecule has 45 heavy (non-hydrogen) atoms. The van der Waals surface area contributed by atoms with Crippen LogP contribution in [0.4, 0.5) is 0 Å². The molecule has 7 aromatic carbocycles. The highest BCUT2D eigenvalue weighted by atomic mass is 16.3. The van der Waals surface area contributed by atoms with Crippen molar-refractivity contribution in [1.82, 2.24) is 15.0 Å². The van der Waals surface area contributed by atoms with Crippen LogP contribution in [0.15, 0.2) is 156 Å². The van der Waals surface area contributed by atoms with E-state index in [1.54, 1.807) is 12.1 Å². The standard InChI is InChI=1S/C41H25N3O/c1-3-13-26(14-4-1)30-21-11-22-33-37-34(23-12-24-36(37)45-38(30)33)40-42-39(27-15-5-2-6-16-27)43-41(44-40)35-25-28-17-7-8-18-29(28)31-19-9-10-20-32(31)35/h1-25H/i1D,3D,4D,13D,14D. The first-order valence-corrected chi connectivity index (χ1v) is 14.6. The number of nitrogens with zero attached hydrogens (tertiary/aromatic N) is 3. The van der Waals surface area contributed by atoms with Crippen LogP contribution in [0.1, 0.15) is 6.85 Å². The summed E-state index contributed by atoms with van der Waals surface area (Å²) in [6.07, 6.45) is 0. The van der Waals surface area contributed by atoms with Crippen molar-refractivity contribution in [1.29, 1.82) is 0 Å². The maximum Gasteiger partial charge on any atom is 0.164 e. The van der Waals surface area contributed by atoms with E-state index in [1.807, 2.05) is 78.9 Å². The van der Waals surface area contributed by atoms with Gasteiger partial charge in [-0.1, -0.05) is 139 Å². The number of fused-ring (bicyclic) bond motifs is 6. The van der Waals surface area contributed by atoms with Gasteiger partial charge < -0.3 is 4.42 Å². The van der Waals surface area contributed by atoms with Gasteiger partial charge in [0.15, 0.2) is 17.5 Å². The first-order valence-electron chi connectivity index (χ1n) is 17.1. The summed E-state index contributed by atoms with van der Waals surface area (Å²) in [6.45, 7) is 0. The largest absolute Gasteiger partial charge is 0.455 e. The van der Waals surface area contributed by atoms with Crippen LogP contribution in [-0.4, -0.2) is 15.0 Å². The van der Waals surface area contributed by atoms with E-state index in [4.69, 9.17) is 26.2 Å². The second-order valence-corrected chi connectivity index (χ2v) is 10.8. The fourth-order valence-electron chi connectivity index (χ4n) is 6.19. The Morgan fingerprint density at radius 1 is 0.467 bits per heavy atom. The van der Waals surface area contributed by atoms with Gasteiger partial charge in [0.1, 0.15) is 11.2 Å². The topological polar surface area (TPSA) is 51.8 Å². The third-order valence-corrected chi connectivity index (χ3v) is 8.21. The summed E-state index contributed by atoms with van der Waals surface area (Å²) in [5.74, 6) is 1.50. The molecule has 2 aromatic heterocycles. The minimum atomic E-state index is -0.443. The van der Waals surface area contributed by atoms with Gasteiger partial charge in [-0.05, 0) is 39.2 Å². The number of rotatable bonds is 4. The molecule has 0 spiro atoms. The molecule has 9 aromatic rings. The molecule has 0 bridgehead atoms. The van der Waals surface area contributed by atoms with E-state index in [1.165, 1.54) is 0 Å². The Morgan fingerprint density at radius 2 is 1.11 bits per heavy atom. The van der Waals surface area contributed by atoms with Gasteiger partial charge in [0.25, 0.3) is 0 Å². The molecule has 0 aliphatic heterocycles. The molecule has 0 fully saturated rings. The second-order valence-electron chi connectivity index (χ2n) is 10.8. The normalized spacial score (nSPS) is 13.1. The lowest BCUT2D eigenvalue weighted by molar-refractivity contribution is 0.670. The predicted octanol–water partition coefficient (Wildman–Crippen LogP) is 10.7. The Labute approximate surface area is 266 Å². The monoisotopic (exact) mass is 580 g/mol. The predicted molar refractivity (Wildman–Crippen MR) is 184 cm³/mol. The summed E-state index contributed by atoms with van der Waals surface area (Å²) in [6, 6.07) is 37.8. The summed E-state index contributed by atoms with van der Waals surface area (Å²) in [7, 11) is 0. The number of benzene rings is 7. The van der Waals surface area contributed by atoms with Crippen molar-refractivity contribution < 1.29 is 11.3 Å². The van der Waals surface area contributed by atoms with Gasteiger partial charge in [-0.25, -0.2) is 15.0 Å². The van der Waals surface area contributed by atoms with Crippen molar-refractivity contribution in [3.05, 3.63) is 152 Å². The van der Waals surface area contributed by atoms with Crippen molar-refractivity contribution in [2.75, 3.05) is 0 Å². The quantitative estimate of drug-likeness (QED) is 0.194. The summed E-state index contributed by atoms with van der Waals surface area (Å²) >= 11 is 0. The van der Waals surface area contributed by atoms with E-state index in [0.717, 1.165) is 38.1 Å². The van der Waals surface area contributed by atoms with Crippen molar-refractivity contribution in [2.45, 2.75) is 0 Å². The zero-order valence-electron chi connectivity index (χ0n) is 28.8. The second kappa shape index (κ2) is 10.2. The maximum atomic E-state index is 8.64. The average Bonchev–Trinajstić information content (AvgIpc) is 3.56. The van der Waals surface area contributed by atoms with Crippen molar-refractivity contribution in [3.8, 4) is 45.3 Å². The van der Waals surface area contributed by atoms with Gasteiger partial charge in [0, 0.05) is 33.0 Å². The Bertz CT molecular complexity index is 2810. The van der Waals surface area contributed by atoms with E-state index < -0.39 is 18.1 Å². The highest BCUT2D eigenvalue weighted by Crippen LogP contribution is 2.41. The molecule has 4 heteroatoms. The Balaban J connectivity index is 1.33. The Morgan fingerprint density at radius 3 is 1.96 bits per heavy atom. The fraction of sp³-hybridized carbons (Fsp3) is 0. The molecule has 0 aliphatic rings. The van der Waals surface area contributed by atoms with Crippen LogP contribution in [-0.2, 0) is 0 Å². The highest BCUT2D eigenvalue weighted by molar-refractivity contribution is 6.15. The highest BCUT2D eigenvalue weighted by Gasteiger charge is 2.20. The molecule has 210 valence electrons. The summed E-state index contributed by atoms with van der Waals surface area (Å²) in [4.78, 5) is 15.2. The molecule has 0 aliphatic carbocycles. The fourth-order valence-corrected chi connectivity index (χ4v) is 6.19. The lowest BCUT2D eigenvalue weighted by Gasteiger charge is -2.12.